The molecular formula is C17H16Cl2F2N2O3S2. The highest BCUT2D eigenvalue weighted by Crippen LogP contribution is 2.25. The van der Waals surface area contributed by atoms with Crippen LogP contribution in [0.1, 0.15) is 6.42 Å². The van der Waals surface area contributed by atoms with Gasteiger partial charge in [0, 0.05) is 16.8 Å². The summed E-state index contributed by atoms with van der Waals surface area (Å²) in [6.07, 6.45) is 1.96. The Balaban J connectivity index is 2.25. The van der Waals surface area contributed by atoms with Crippen LogP contribution in [0.3, 0.4) is 0 Å². The lowest BCUT2D eigenvalue weighted by Gasteiger charge is -2.19. The monoisotopic (exact) mass is 468 g/mol. The SMILES string of the molecule is CSCCC(NS(=O)(=O)c1cc(Cl)ccc1Cl)C(=O)Nc1ccc(F)c(F)c1. The van der Waals surface area contributed by atoms with Crippen LogP contribution in [0, 0.1) is 11.6 Å². The third-order valence-electron chi connectivity index (χ3n) is 3.59. The standard InChI is InChI=1S/C17H16Cl2F2N2O3S2/c1-27-7-6-15(17(24)22-11-3-5-13(20)14(21)9-11)23-28(25,26)16-8-10(18)2-4-12(16)19/h2-5,8-9,15,23H,6-7H2,1H3,(H,22,24). The zero-order valence-corrected chi connectivity index (χ0v) is 17.7. The third-order valence-corrected chi connectivity index (χ3v) is 6.43. The van der Waals surface area contributed by atoms with Crippen LogP contribution in [0.5, 0.6) is 0 Å². The molecule has 2 aromatic carbocycles. The van der Waals surface area contributed by atoms with E-state index in [2.05, 4.69) is 10.0 Å². The summed E-state index contributed by atoms with van der Waals surface area (Å²) >= 11 is 13.2. The lowest BCUT2D eigenvalue weighted by Crippen LogP contribution is -2.44. The molecule has 1 amide bonds. The molecular weight excluding hydrogens is 453 g/mol. The molecule has 0 aromatic heterocycles. The Morgan fingerprint density at radius 2 is 1.86 bits per heavy atom. The number of nitrogens with one attached hydrogen (secondary N) is 2. The van der Waals surface area contributed by atoms with E-state index in [0.717, 1.165) is 12.1 Å². The molecule has 0 aliphatic carbocycles. The quantitative estimate of drug-likeness (QED) is 0.605. The molecule has 1 atom stereocenters. The van der Waals surface area contributed by atoms with Gasteiger partial charge in [-0.2, -0.15) is 16.5 Å². The van der Waals surface area contributed by atoms with Gasteiger partial charge in [-0.1, -0.05) is 23.2 Å². The molecule has 0 heterocycles. The maximum absolute atomic E-state index is 13.3. The predicted molar refractivity (Wildman–Crippen MR) is 109 cm³/mol. The minimum atomic E-state index is -4.17. The van der Waals surface area contributed by atoms with Crippen molar-refractivity contribution in [1.82, 2.24) is 4.72 Å². The van der Waals surface area contributed by atoms with Crippen LogP contribution in [0.25, 0.3) is 0 Å². The minimum absolute atomic E-state index is 0.00182. The van der Waals surface area contributed by atoms with Gasteiger partial charge in [0.1, 0.15) is 10.9 Å². The van der Waals surface area contributed by atoms with Crippen molar-refractivity contribution in [2.45, 2.75) is 17.4 Å². The number of sulfonamides is 1. The molecule has 0 spiro atoms. The molecule has 1 unspecified atom stereocenters. The fourth-order valence-corrected chi connectivity index (χ4v) is 4.68. The number of halogens is 4. The molecule has 28 heavy (non-hydrogen) atoms. The van der Waals surface area contributed by atoms with Gasteiger partial charge in [0.15, 0.2) is 11.6 Å². The number of benzene rings is 2. The van der Waals surface area contributed by atoms with Gasteiger partial charge in [-0.15, -0.1) is 0 Å². The molecule has 0 saturated heterocycles. The van der Waals surface area contributed by atoms with E-state index in [-0.39, 0.29) is 27.0 Å². The van der Waals surface area contributed by atoms with Crippen molar-refractivity contribution in [3.8, 4) is 0 Å². The fourth-order valence-electron chi connectivity index (χ4n) is 2.22. The Hall–Kier alpha value is -1.39. The van der Waals surface area contributed by atoms with Crippen LogP contribution < -0.4 is 10.0 Å². The number of anilines is 1. The van der Waals surface area contributed by atoms with Gasteiger partial charge in [0.2, 0.25) is 15.9 Å². The second-order valence-electron chi connectivity index (χ2n) is 5.65. The topological polar surface area (TPSA) is 75.3 Å². The molecule has 2 aromatic rings. The Morgan fingerprint density at radius 1 is 1.14 bits per heavy atom. The van der Waals surface area contributed by atoms with Crippen molar-refractivity contribution in [3.63, 3.8) is 0 Å². The van der Waals surface area contributed by atoms with E-state index in [1.54, 1.807) is 6.26 Å². The van der Waals surface area contributed by atoms with Crippen LogP contribution in [-0.4, -0.2) is 32.4 Å². The molecule has 152 valence electrons. The number of thioether (sulfide) groups is 1. The van der Waals surface area contributed by atoms with Gasteiger partial charge >= 0.3 is 0 Å². The zero-order chi connectivity index (χ0) is 20.9. The number of hydrogen-bond donors (Lipinski definition) is 2. The molecule has 5 nitrogen and oxygen atoms in total. The van der Waals surface area contributed by atoms with E-state index in [1.165, 1.54) is 36.0 Å². The van der Waals surface area contributed by atoms with E-state index < -0.39 is 33.6 Å². The summed E-state index contributed by atoms with van der Waals surface area (Å²) in [5.41, 5.74) is -0.00182. The smallest absolute Gasteiger partial charge is 0.242 e. The number of carbonyl (C=O) groups is 1. The molecule has 2 N–H and O–H groups in total. The number of hydrogen-bond acceptors (Lipinski definition) is 4. The van der Waals surface area contributed by atoms with Crippen molar-refractivity contribution in [2.75, 3.05) is 17.3 Å². The number of amides is 1. The normalized spacial score (nSPS) is 12.6. The van der Waals surface area contributed by atoms with Crippen LogP contribution in [0.2, 0.25) is 10.0 Å². The molecule has 0 radical (unpaired) electrons. The van der Waals surface area contributed by atoms with Crippen LogP contribution in [-0.2, 0) is 14.8 Å². The summed E-state index contributed by atoms with van der Waals surface area (Å²) in [6, 6.07) is 5.61. The predicted octanol–water partition coefficient (Wildman–Crippen LogP) is 4.31. The Bertz CT molecular complexity index is 975. The fraction of sp³-hybridized carbons (Fsp3) is 0.235. The maximum Gasteiger partial charge on any atom is 0.242 e. The number of rotatable bonds is 8. The van der Waals surface area contributed by atoms with Crippen LogP contribution >= 0.6 is 35.0 Å². The molecule has 2 rings (SSSR count). The highest BCUT2D eigenvalue weighted by Gasteiger charge is 2.27. The summed E-state index contributed by atoms with van der Waals surface area (Å²) in [5.74, 6) is -2.44. The van der Waals surface area contributed by atoms with Crippen molar-refractivity contribution >= 4 is 56.6 Å². The number of carbonyl (C=O) groups excluding carboxylic acids is 1. The molecule has 0 aliphatic heterocycles. The molecule has 0 saturated carbocycles. The summed E-state index contributed by atoms with van der Waals surface area (Å²) in [7, 11) is -4.17. The van der Waals surface area contributed by atoms with Gasteiger partial charge < -0.3 is 5.32 Å². The van der Waals surface area contributed by atoms with Gasteiger partial charge in [-0.05, 0) is 48.8 Å². The zero-order valence-electron chi connectivity index (χ0n) is 14.5. The third kappa shape index (κ3) is 6.05. The highest BCUT2D eigenvalue weighted by atomic mass is 35.5. The first-order chi connectivity index (χ1) is 13.1. The van der Waals surface area contributed by atoms with E-state index in [0.29, 0.717) is 5.75 Å². The minimum Gasteiger partial charge on any atom is -0.325 e. The Morgan fingerprint density at radius 3 is 2.50 bits per heavy atom. The van der Waals surface area contributed by atoms with Gasteiger partial charge in [-0.3, -0.25) is 4.79 Å². The van der Waals surface area contributed by atoms with Crippen LogP contribution in [0.15, 0.2) is 41.3 Å². The van der Waals surface area contributed by atoms with E-state index >= 15 is 0 Å². The van der Waals surface area contributed by atoms with E-state index in [1.807, 2.05) is 0 Å². The van der Waals surface area contributed by atoms with Crippen LogP contribution in [0.4, 0.5) is 14.5 Å². The first kappa shape index (κ1) is 22.9. The van der Waals surface area contributed by atoms with Crippen molar-refractivity contribution in [2.24, 2.45) is 0 Å². The average molecular weight is 469 g/mol. The molecule has 0 aliphatic rings. The summed E-state index contributed by atoms with van der Waals surface area (Å²) in [4.78, 5) is 12.3. The maximum atomic E-state index is 13.3. The first-order valence-corrected chi connectivity index (χ1v) is 11.5. The second kappa shape index (κ2) is 9.89. The lowest BCUT2D eigenvalue weighted by atomic mass is 10.2. The second-order valence-corrected chi connectivity index (χ2v) is 9.16. The summed E-state index contributed by atoms with van der Waals surface area (Å²) < 4.78 is 54.0. The first-order valence-electron chi connectivity index (χ1n) is 7.86. The van der Waals surface area contributed by atoms with Gasteiger partial charge in [-0.25, -0.2) is 17.2 Å². The summed E-state index contributed by atoms with van der Waals surface area (Å²) in [5, 5.41) is 2.49. The van der Waals surface area contributed by atoms with Gasteiger partial charge in [0.05, 0.1) is 5.02 Å². The van der Waals surface area contributed by atoms with E-state index in [9.17, 15) is 22.0 Å². The Labute approximate surface area is 175 Å². The van der Waals surface area contributed by atoms with Crippen molar-refractivity contribution in [1.29, 1.82) is 0 Å². The molecule has 0 fully saturated rings. The van der Waals surface area contributed by atoms with Crippen molar-refractivity contribution in [3.05, 3.63) is 58.1 Å². The Kier molecular flexibility index (Phi) is 8.08. The van der Waals surface area contributed by atoms with Gasteiger partial charge in [0.25, 0.3) is 0 Å². The van der Waals surface area contributed by atoms with E-state index in [4.69, 9.17) is 23.2 Å². The largest absolute Gasteiger partial charge is 0.325 e. The summed E-state index contributed by atoms with van der Waals surface area (Å²) in [6.45, 7) is 0. The molecule has 11 heteroatoms. The highest BCUT2D eigenvalue weighted by molar-refractivity contribution is 7.98. The average Bonchev–Trinajstić information content (AvgIpc) is 2.63. The van der Waals surface area contributed by atoms with Crippen molar-refractivity contribution < 1.29 is 22.0 Å². The molecule has 0 bridgehead atoms. The lowest BCUT2D eigenvalue weighted by molar-refractivity contribution is -0.117.